The van der Waals surface area contributed by atoms with Gasteiger partial charge in [-0.2, -0.15) is 0 Å². The summed E-state index contributed by atoms with van der Waals surface area (Å²) in [6, 6.07) is 11.4. The number of benzene rings is 3. The zero-order chi connectivity index (χ0) is 37.4. The summed E-state index contributed by atoms with van der Waals surface area (Å²) in [6.07, 6.45) is 10.3. The first-order valence-corrected chi connectivity index (χ1v) is 20.0. The van der Waals surface area contributed by atoms with Gasteiger partial charge in [-0.25, -0.2) is 0 Å². The Morgan fingerprint density at radius 1 is 0.981 bits per heavy atom. The number of nitrogens with two attached hydrogens (primary N) is 2. The molecule has 53 heavy (non-hydrogen) atoms. The molecule has 7 unspecified atom stereocenters. The highest BCUT2D eigenvalue weighted by atomic mass is 16.5. The van der Waals surface area contributed by atoms with Crippen molar-refractivity contribution in [3.05, 3.63) is 64.2 Å². The van der Waals surface area contributed by atoms with Crippen molar-refractivity contribution >= 4 is 5.96 Å². The molecule has 1 aliphatic heterocycles. The Morgan fingerprint density at radius 3 is 2.57 bits per heavy atom. The smallest absolute Gasteiger partial charge is 0.185 e. The van der Waals surface area contributed by atoms with Crippen molar-refractivity contribution in [2.45, 2.75) is 122 Å². The third-order valence-corrected chi connectivity index (χ3v) is 12.5. The number of rotatable bonds is 12. The van der Waals surface area contributed by atoms with Crippen LogP contribution in [0.15, 0.2) is 41.4 Å². The van der Waals surface area contributed by atoms with Crippen LogP contribution in [0.5, 0.6) is 28.7 Å². The zero-order valence-corrected chi connectivity index (χ0v) is 31.9. The van der Waals surface area contributed by atoms with E-state index in [0.29, 0.717) is 48.1 Å². The topological polar surface area (TPSA) is 153 Å². The number of unbranched alkanes of at least 4 members (excludes halogenated alkanes) is 2. The minimum atomic E-state index is -0.815. The van der Waals surface area contributed by atoms with E-state index in [0.717, 1.165) is 116 Å². The van der Waals surface area contributed by atoms with E-state index >= 15 is 0 Å². The minimum absolute atomic E-state index is 0.0398. The predicted octanol–water partition coefficient (Wildman–Crippen LogP) is 8.08. The predicted molar refractivity (Wildman–Crippen MR) is 209 cm³/mol. The average Bonchev–Trinajstić information content (AvgIpc) is 3.12. The van der Waals surface area contributed by atoms with Crippen LogP contribution in [0, 0.1) is 23.7 Å². The molecule has 0 aromatic heterocycles. The Bertz CT molecular complexity index is 1820. The van der Waals surface area contributed by atoms with Crippen molar-refractivity contribution in [1.82, 2.24) is 0 Å². The van der Waals surface area contributed by atoms with Crippen molar-refractivity contribution < 1.29 is 29.5 Å². The number of ether oxygens (including phenoxy) is 3. The summed E-state index contributed by atoms with van der Waals surface area (Å²) in [5, 5.41) is 34.0. The molecule has 1 heterocycles. The number of aliphatic hydroxyl groups excluding tert-OH is 1. The number of aliphatic hydroxyl groups is 1. The largest absolute Gasteiger partial charge is 0.508 e. The van der Waals surface area contributed by atoms with Crippen molar-refractivity contribution in [3.63, 3.8) is 0 Å². The molecule has 7 atom stereocenters. The van der Waals surface area contributed by atoms with E-state index in [2.05, 4.69) is 31.8 Å². The summed E-state index contributed by atoms with van der Waals surface area (Å²) in [6.45, 7) is 7.14. The lowest BCUT2D eigenvalue weighted by Crippen LogP contribution is -2.46. The molecule has 4 aliphatic rings. The van der Waals surface area contributed by atoms with Crippen LogP contribution in [0.4, 0.5) is 0 Å². The van der Waals surface area contributed by atoms with Crippen molar-refractivity contribution in [2.24, 2.45) is 40.1 Å². The summed E-state index contributed by atoms with van der Waals surface area (Å²) >= 11 is 0. The molecule has 0 amide bonds. The summed E-state index contributed by atoms with van der Waals surface area (Å²) in [5.41, 5.74) is 18.6. The molecular formula is C44H59N3O6. The fourth-order valence-electron chi connectivity index (χ4n) is 9.99. The lowest BCUT2D eigenvalue weighted by Gasteiger charge is -2.46. The van der Waals surface area contributed by atoms with Gasteiger partial charge >= 0.3 is 0 Å². The highest BCUT2D eigenvalue weighted by Crippen LogP contribution is 2.54. The number of hydrogen-bond acceptors (Lipinski definition) is 7. The number of methoxy groups -OCH3 is 1. The van der Waals surface area contributed by atoms with Crippen LogP contribution >= 0.6 is 0 Å². The number of phenolic OH excluding ortho intramolecular Hbond substituents is 2. The molecule has 2 saturated carbocycles. The molecule has 0 saturated heterocycles. The second-order valence-corrected chi connectivity index (χ2v) is 16.6. The van der Waals surface area contributed by atoms with Gasteiger partial charge in [0.15, 0.2) is 17.5 Å². The van der Waals surface area contributed by atoms with E-state index in [-0.39, 0.29) is 23.7 Å². The van der Waals surface area contributed by atoms with Crippen molar-refractivity contribution in [1.29, 1.82) is 0 Å². The summed E-state index contributed by atoms with van der Waals surface area (Å²) < 4.78 is 19.7. The van der Waals surface area contributed by atoms with Gasteiger partial charge in [0.1, 0.15) is 29.5 Å². The quantitative estimate of drug-likeness (QED) is 0.0714. The molecule has 9 heteroatoms. The summed E-state index contributed by atoms with van der Waals surface area (Å²) in [5.74, 6) is 4.09. The Morgan fingerprint density at radius 2 is 1.81 bits per heavy atom. The van der Waals surface area contributed by atoms with Crippen LogP contribution in [0.1, 0.15) is 118 Å². The third kappa shape index (κ3) is 7.51. The fraction of sp³-hybridized carbons (Fsp3) is 0.568. The molecule has 3 aliphatic carbocycles. The van der Waals surface area contributed by atoms with Gasteiger partial charge in [-0.05, 0) is 121 Å². The molecule has 286 valence electrons. The van der Waals surface area contributed by atoms with Crippen LogP contribution in [0.2, 0.25) is 0 Å². The number of nitrogens with zero attached hydrogens (tertiary/aromatic N) is 1. The van der Waals surface area contributed by atoms with Crippen molar-refractivity contribution in [3.8, 4) is 39.9 Å². The van der Waals surface area contributed by atoms with Crippen LogP contribution < -0.4 is 25.7 Å². The minimum Gasteiger partial charge on any atom is -0.508 e. The fourth-order valence-corrected chi connectivity index (χ4v) is 9.99. The van der Waals surface area contributed by atoms with E-state index in [1.165, 1.54) is 5.56 Å². The summed E-state index contributed by atoms with van der Waals surface area (Å²) in [4.78, 5) is 4.35. The maximum absolute atomic E-state index is 11.9. The Kier molecular flexibility index (Phi) is 11.0. The van der Waals surface area contributed by atoms with Crippen LogP contribution in [0.3, 0.4) is 0 Å². The lowest BCUT2D eigenvalue weighted by atomic mass is 9.65. The van der Waals surface area contributed by atoms with Gasteiger partial charge in [-0.15, -0.1) is 0 Å². The maximum atomic E-state index is 11.9. The van der Waals surface area contributed by atoms with Gasteiger partial charge in [0.25, 0.3) is 0 Å². The standard InChI is InChI=1S/C44H59N3O6/c1-5-6-7-9-26-17-29-19-35(49)30(16-24(2)3)18-32(29)41-39(51-4)22-37-33(40(26)41)21-36(50)43(52-37)27-14-15-34(48)38(20-27)53-42-25-10-8-11-31(42)28(13-12-25)23-47-44(45)46/h14-15,18-20,22,24-26,28,31,36,42-43,48-50H,5-13,16-17,21,23H2,1-4H3,(H4,45,46,47). The lowest BCUT2D eigenvalue weighted by molar-refractivity contribution is -0.0266. The maximum Gasteiger partial charge on any atom is 0.185 e. The first-order valence-electron chi connectivity index (χ1n) is 20.0. The van der Waals surface area contributed by atoms with Crippen molar-refractivity contribution in [2.75, 3.05) is 13.7 Å². The van der Waals surface area contributed by atoms with Crippen LogP contribution in [0.25, 0.3) is 11.1 Å². The highest BCUT2D eigenvalue weighted by molar-refractivity contribution is 5.83. The zero-order valence-electron chi connectivity index (χ0n) is 31.9. The molecule has 2 fully saturated rings. The first kappa shape index (κ1) is 37.2. The molecule has 7 rings (SSSR count). The first-order chi connectivity index (χ1) is 25.6. The Balaban J connectivity index is 1.22. The highest BCUT2D eigenvalue weighted by Gasteiger charge is 2.44. The van der Waals surface area contributed by atoms with E-state index in [4.69, 9.17) is 25.7 Å². The van der Waals surface area contributed by atoms with E-state index in [9.17, 15) is 15.3 Å². The molecule has 2 bridgehead atoms. The number of hydrogen-bond donors (Lipinski definition) is 5. The SMILES string of the molecule is CCCCCC1Cc2cc(O)c(CC(C)C)cc2-c2c(OC)cc3c(c21)CC(O)C(c1ccc(O)c(OC2C4CCCC2C(CN=C(N)N)CC4)c1)O3. The molecular weight excluding hydrogens is 666 g/mol. The molecule has 9 nitrogen and oxygen atoms in total. The molecule has 0 spiro atoms. The van der Waals surface area contributed by atoms with E-state index in [1.54, 1.807) is 13.2 Å². The number of aromatic hydroxyl groups is 2. The Hall–Kier alpha value is -4.11. The van der Waals surface area contributed by atoms with Gasteiger partial charge in [-0.1, -0.05) is 52.5 Å². The van der Waals surface area contributed by atoms with Gasteiger partial charge in [0.2, 0.25) is 0 Å². The average molecular weight is 726 g/mol. The molecule has 3 aromatic rings. The van der Waals surface area contributed by atoms with Gasteiger partial charge in [-0.3, -0.25) is 4.99 Å². The second kappa shape index (κ2) is 15.7. The summed E-state index contributed by atoms with van der Waals surface area (Å²) in [7, 11) is 1.71. The number of aliphatic imine (C=N–C) groups is 1. The Labute approximate surface area is 314 Å². The van der Waals surface area contributed by atoms with Gasteiger partial charge in [0.05, 0.1) is 13.2 Å². The van der Waals surface area contributed by atoms with Crippen LogP contribution in [-0.4, -0.2) is 47.1 Å². The van der Waals surface area contributed by atoms with Gasteiger partial charge < -0.3 is 41.0 Å². The monoisotopic (exact) mass is 725 g/mol. The third-order valence-electron chi connectivity index (χ3n) is 12.5. The second-order valence-electron chi connectivity index (χ2n) is 16.6. The molecule has 0 radical (unpaired) electrons. The van der Waals surface area contributed by atoms with Gasteiger partial charge in [0, 0.05) is 36.1 Å². The molecule has 7 N–H and O–H groups in total. The van der Waals surface area contributed by atoms with E-state index < -0.39 is 12.2 Å². The molecule has 3 aromatic carbocycles. The number of guanidine groups is 1. The number of phenols is 2. The number of fused-ring (bicyclic) bond motifs is 7. The normalized spacial score (nSPS) is 25.8. The van der Waals surface area contributed by atoms with Crippen LogP contribution in [-0.2, 0) is 19.3 Å². The van der Waals surface area contributed by atoms with E-state index in [1.807, 2.05) is 24.3 Å².